The monoisotopic (exact) mass is 315 g/mol. The molecule has 118 valence electrons. The van der Waals surface area contributed by atoms with E-state index in [1.807, 2.05) is 54.6 Å². The minimum atomic E-state index is -0.0995. The lowest BCUT2D eigenvalue weighted by Crippen LogP contribution is -1.96. The molecule has 2 N–H and O–H groups in total. The van der Waals surface area contributed by atoms with Gasteiger partial charge in [0.2, 0.25) is 0 Å². The van der Waals surface area contributed by atoms with E-state index < -0.39 is 0 Å². The van der Waals surface area contributed by atoms with Gasteiger partial charge in [-0.2, -0.15) is 0 Å². The molecule has 3 rings (SSSR count). The summed E-state index contributed by atoms with van der Waals surface area (Å²) in [7, 11) is 0. The summed E-state index contributed by atoms with van der Waals surface area (Å²) in [6, 6.07) is 24.4. The number of hydrogen-bond acceptors (Lipinski definition) is 3. The van der Waals surface area contributed by atoms with Gasteiger partial charge in [-0.05, 0) is 23.3 Å². The highest BCUT2D eigenvalue weighted by Gasteiger charge is 2.03. The highest BCUT2D eigenvalue weighted by atomic mass is 16.3. The molecule has 3 heteroatoms. The standard InChI is InChI=1S/C21H17NO2/c23-20(14-15-22-19-8-4-5-9-21(19)24)18-12-10-17(11-13-18)16-6-2-1-3-7-16/h1-15,22,24H. The zero-order valence-corrected chi connectivity index (χ0v) is 13.0. The van der Waals surface area contributed by atoms with Gasteiger partial charge in [0.05, 0.1) is 5.69 Å². The molecule has 0 aliphatic heterocycles. The predicted molar refractivity (Wildman–Crippen MR) is 97.1 cm³/mol. The summed E-state index contributed by atoms with van der Waals surface area (Å²) in [5.41, 5.74) is 3.36. The van der Waals surface area contributed by atoms with Crippen LogP contribution in [0.1, 0.15) is 10.4 Å². The fraction of sp³-hybridized carbons (Fsp3) is 0. The topological polar surface area (TPSA) is 49.3 Å². The number of carbonyl (C=O) groups excluding carboxylic acids is 1. The van der Waals surface area contributed by atoms with E-state index in [0.29, 0.717) is 11.3 Å². The number of aromatic hydroxyl groups is 1. The van der Waals surface area contributed by atoms with E-state index in [2.05, 4.69) is 5.32 Å². The van der Waals surface area contributed by atoms with Crippen LogP contribution in [0.2, 0.25) is 0 Å². The first-order valence-electron chi connectivity index (χ1n) is 7.65. The summed E-state index contributed by atoms with van der Waals surface area (Å²) in [6.07, 6.45) is 2.98. The van der Waals surface area contributed by atoms with Gasteiger partial charge in [-0.3, -0.25) is 4.79 Å². The van der Waals surface area contributed by atoms with Gasteiger partial charge in [0.15, 0.2) is 5.78 Å². The number of nitrogens with one attached hydrogen (secondary N) is 1. The van der Waals surface area contributed by atoms with Gasteiger partial charge < -0.3 is 10.4 Å². The second kappa shape index (κ2) is 7.29. The highest BCUT2D eigenvalue weighted by molar-refractivity contribution is 6.04. The minimum Gasteiger partial charge on any atom is -0.506 e. The fourth-order valence-electron chi connectivity index (χ4n) is 2.36. The maximum Gasteiger partial charge on any atom is 0.187 e. The Kier molecular flexibility index (Phi) is 4.73. The van der Waals surface area contributed by atoms with Crippen LogP contribution in [0.4, 0.5) is 5.69 Å². The van der Waals surface area contributed by atoms with Crippen molar-refractivity contribution in [3.8, 4) is 16.9 Å². The van der Waals surface area contributed by atoms with Crippen LogP contribution in [0.3, 0.4) is 0 Å². The second-order valence-corrected chi connectivity index (χ2v) is 5.30. The van der Waals surface area contributed by atoms with Crippen LogP contribution in [0.5, 0.6) is 5.75 Å². The van der Waals surface area contributed by atoms with E-state index in [0.717, 1.165) is 11.1 Å². The van der Waals surface area contributed by atoms with Crippen LogP contribution in [-0.4, -0.2) is 10.9 Å². The summed E-state index contributed by atoms with van der Waals surface area (Å²) in [5, 5.41) is 12.5. The Balaban J connectivity index is 1.67. The number of phenols is 1. The first-order chi connectivity index (χ1) is 11.7. The fourth-order valence-corrected chi connectivity index (χ4v) is 2.36. The zero-order chi connectivity index (χ0) is 16.8. The van der Waals surface area contributed by atoms with Crippen molar-refractivity contribution in [2.45, 2.75) is 0 Å². The molecular formula is C21H17NO2. The number of benzene rings is 3. The molecule has 0 fully saturated rings. The van der Waals surface area contributed by atoms with Crippen molar-refractivity contribution >= 4 is 11.5 Å². The first kappa shape index (κ1) is 15.6. The van der Waals surface area contributed by atoms with Gasteiger partial charge in [-0.15, -0.1) is 0 Å². The van der Waals surface area contributed by atoms with E-state index in [4.69, 9.17) is 0 Å². The smallest absolute Gasteiger partial charge is 0.187 e. The quantitative estimate of drug-likeness (QED) is 0.401. The summed E-state index contributed by atoms with van der Waals surface area (Å²) >= 11 is 0. The van der Waals surface area contributed by atoms with Crippen LogP contribution in [-0.2, 0) is 0 Å². The maximum absolute atomic E-state index is 12.2. The van der Waals surface area contributed by atoms with Crippen molar-refractivity contribution in [1.82, 2.24) is 0 Å². The normalized spacial score (nSPS) is 10.7. The Hall–Kier alpha value is -3.33. The van der Waals surface area contributed by atoms with E-state index in [1.165, 1.54) is 12.3 Å². The molecule has 0 aromatic heterocycles. The predicted octanol–water partition coefficient (Wildman–Crippen LogP) is 4.87. The minimum absolute atomic E-state index is 0.0995. The zero-order valence-electron chi connectivity index (χ0n) is 13.0. The van der Waals surface area contributed by atoms with Gasteiger partial charge in [-0.25, -0.2) is 0 Å². The Morgan fingerprint density at radius 3 is 2.12 bits per heavy atom. The van der Waals surface area contributed by atoms with E-state index in [1.54, 1.807) is 24.3 Å². The molecule has 0 unspecified atom stereocenters. The first-order valence-corrected chi connectivity index (χ1v) is 7.65. The molecule has 0 atom stereocenters. The van der Waals surface area contributed by atoms with Crippen LogP contribution in [0.15, 0.2) is 91.1 Å². The average Bonchev–Trinajstić information content (AvgIpc) is 2.64. The van der Waals surface area contributed by atoms with Crippen LogP contribution in [0.25, 0.3) is 11.1 Å². The number of phenolic OH excluding ortho intramolecular Hbond substituents is 1. The lowest BCUT2D eigenvalue weighted by molar-refractivity contribution is 0.104. The molecule has 0 spiro atoms. The van der Waals surface area contributed by atoms with Crippen molar-refractivity contribution < 1.29 is 9.90 Å². The van der Waals surface area contributed by atoms with Crippen LogP contribution in [0, 0.1) is 0 Å². The van der Waals surface area contributed by atoms with Crippen molar-refractivity contribution in [1.29, 1.82) is 0 Å². The number of carbonyl (C=O) groups is 1. The number of ketones is 1. The summed E-state index contributed by atoms with van der Waals surface area (Å²) in [4.78, 5) is 12.2. The maximum atomic E-state index is 12.2. The molecule has 0 aliphatic carbocycles. The summed E-state index contributed by atoms with van der Waals surface area (Å²) in [5.74, 6) is 0.0411. The highest BCUT2D eigenvalue weighted by Crippen LogP contribution is 2.22. The molecule has 0 bridgehead atoms. The third kappa shape index (κ3) is 3.70. The van der Waals surface area contributed by atoms with E-state index >= 15 is 0 Å². The molecular weight excluding hydrogens is 298 g/mol. The number of allylic oxidation sites excluding steroid dienone is 1. The van der Waals surface area contributed by atoms with Gasteiger partial charge >= 0.3 is 0 Å². The van der Waals surface area contributed by atoms with Crippen LogP contribution >= 0.6 is 0 Å². The Morgan fingerprint density at radius 1 is 0.792 bits per heavy atom. The molecule has 0 saturated heterocycles. The van der Waals surface area contributed by atoms with Gasteiger partial charge in [0, 0.05) is 17.8 Å². The van der Waals surface area contributed by atoms with Crippen molar-refractivity contribution in [2.24, 2.45) is 0 Å². The van der Waals surface area contributed by atoms with Gasteiger partial charge in [-0.1, -0.05) is 66.7 Å². The van der Waals surface area contributed by atoms with Crippen molar-refractivity contribution in [2.75, 3.05) is 5.32 Å². The van der Waals surface area contributed by atoms with E-state index in [-0.39, 0.29) is 11.5 Å². The van der Waals surface area contributed by atoms with Crippen molar-refractivity contribution in [3.63, 3.8) is 0 Å². The lowest BCUT2D eigenvalue weighted by atomic mass is 10.0. The number of para-hydroxylation sites is 2. The second-order valence-electron chi connectivity index (χ2n) is 5.30. The third-order valence-corrected chi connectivity index (χ3v) is 3.65. The lowest BCUT2D eigenvalue weighted by Gasteiger charge is -2.04. The van der Waals surface area contributed by atoms with Crippen LogP contribution < -0.4 is 5.32 Å². The van der Waals surface area contributed by atoms with Crippen molar-refractivity contribution in [3.05, 3.63) is 96.7 Å². The number of anilines is 1. The largest absolute Gasteiger partial charge is 0.506 e. The Labute approximate surface area is 140 Å². The molecule has 3 aromatic rings. The molecule has 0 amide bonds. The third-order valence-electron chi connectivity index (χ3n) is 3.65. The SMILES string of the molecule is O=C(C=CNc1ccccc1O)c1ccc(-c2ccccc2)cc1. The Bertz CT molecular complexity index is 853. The Morgan fingerprint density at radius 2 is 1.42 bits per heavy atom. The molecule has 24 heavy (non-hydrogen) atoms. The number of hydrogen-bond donors (Lipinski definition) is 2. The molecule has 0 heterocycles. The molecule has 0 radical (unpaired) electrons. The van der Waals surface area contributed by atoms with E-state index in [9.17, 15) is 9.90 Å². The molecule has 0 saturated carbocycles. The molecule has 3 aromatic carbocycles. The van der Waals surface area contributed by atoms with Gasteiger partial charge in [0.25, 0.3) is 0 Å². The molecule has 3 nitrogen and oxygen atoms in total. The summed E-state index contributed by atoms with van der Waals surface area (Å²) < 4.78 is 0. The number of rotatable bonds is 5. The molecule has 0 aliphatic rings. The van der Waals surface area contributed by atoms with Gasteiger partial charge in [0.1, 0.15) is 5.75 Å². The summed E-state index contributed by atoms with van der Waals surface area (Å²) in [6.45, 7) is 0. The average molecular weight is 315 g/mol.